The van der Waals surface area contributed by atoms with Crippen LogP contribution < -0.4 is 20.5 Å². The largest absolute Gasteiger partial charge is 0.493 e. The fourth-order valence-electron chi connectivity index (χ4n) is 2.77. The van der Waals surface area contributed by atoms with E-state index in [1.54, 1.807) is 14.2 Å². The van der Waals surface area contributed by atoms with Crippen LogP contribution in [-0.4, -0.2) is 51.3 Å². The molecule has 0 aliphatic carbocycles. The van der Waals surface area contributed by atoms with Crippen LogP contribution in [0.1, 0.15) is 25.7 Å². The predicted molar refractivity (Wildman–Crippen MR) is 94.6 cm³/mol. The number of nitrogens with two attached hydrogens (primary N) is 1. The molecule has 6 nitrogen and oxygen atoms in total. The van der Waals surface area contributed by atoms with E-state index in [1.165, 1.54) is 38.8 Å². The van der Waals surface area contributed by atoms with Crippen LogP contribution in [0.15, 0.2) is 23.2 Å². The first-order valence-electron chi connectivity index (χ1n) is 8.24. The number of nitrogens with one attached hydrogen (secondary N) is 1. The Bertz CT molecular complexity index is 511. The molecule has 0 unspecified atom stereocenters. The first-order chi connectivity index (χ1) is 11.2. The minimum Gasteiger partial charge on any atom is -0.493 e. The van der Waals surface area contributed by atoms with Gasteiger partial charge < -0.3 is 25.4 Å². The van der Waals surface area contributed by atoms with E-state index in [9.17, 15) is 0 Å². The quantitative estimate of drug-likeness (QED) is 0.621. The van der Waals surface area contributed by atoms with Gasteiger partial charge in [0.05, 0.1) is 20.8 Å². The second-order valence-corrected chi connectivity index (χ2v) is 5.72. The van der Waals surface area contributed by atoms with Gasteiger partial charge >= 0.3 is 0 Å². The standard InChI is InChI=1S/C17H28N4O2/c1-22-15-8-7-14(13-16(15)23-2)20-17(18)19-9-12-21-10-5-3-4-6-11-21/h7-8,13H,3-6,9-12H2,1-2H3,(H3,18,19,20). The molecule has 23 heavy (non-hydrogen) atoms. The average Bonchev–Trinajstić information content (AvgIpc) is 2.83. The number of methoxy groups -OCH3 is 2. The molecule has 1 aromatic carbocycles. The molecule has 1 aliphatic rings. The first kappa shape index (κ1) is 17.4. The SMILES string of the molecule is COc1ccc(NC(N)=NCCN2CCCCCC2)cc1OC. The van der Waals surface area contributed by atoms with Gasteiger partial charge in [-0.15, -0.1) is 0 Å². The third-order valence-corrected chi connectivity index (χ3v) is 4.05. The molecular weight excluding hydrogens is 292 g/mol. The number of rotatable bonds is 6. The Morgan fingerprint density at radius 2 is 1.83 bits per heavy atom. The molecule has 0 aromatic heterocycles. The highest BCUT2D eigenvalue weighted by molar-refractivity contribution is 5.92. The molecule has 0 amide bonds. The molecule has 1 aromatic rings. The van der Waals surface area contributed by atoms with Crippen molar-refractivity contribution in [3.8, 4) is 11.5 Å². The summed E-state index contributed by atoms with van der Waals surface area (Å²) in [4.78, 5) is 6.88. The van der Waals surface area contributed by atoms with Crippen LogP contribution in [0.25, 0.3) is 0 Å². The van der Waals surface area contributed by atoms with E-state index in [-0.39, 0.29) is 0 Å². The third-order valence-electron chi connectivity index (χ3n) is 4.05. The smallest absolute Gasteiger partial charge is 0.193 e. The van der Waals surface area contributed by atoms with E-state index in [0.29, 0.717) is 24.0 Å². The highest BCUT2D eigenvalue weighted by Crippen LogP contribution is 2.29. The summed E-state index contributed by atoms with van der Waals surface area (Å²) in [5.41, 5.74) is 6.79. The second-order valence-electron chi connectivity index (χ2n) is 5.72. The zero-order chi connectivity index (χ0) is 16.5. The third kappa shape index (κ3) is 5.63. The van der Waals surface area contributed by atoms with E-state index in [1.807, 2.05) is 18.2 Å². The summed E-state index contributed by atoms with van der Waals surface area (Å²) in [6, 6.07) is 5.57. The van der Waals surface area contributed by atoms with Gasteiger partial charge in [0.15, 0.2) is 17.5 Å². The number of aliphatic imine (C=N–C) groups is 1. The van der Waals surface area contributed by atoms with Crippen LogP contribution in [0, 0.1) is 0 Å². The molecule has 2 rings (SSSR count). The van der Waals surface area contributed by atoms with E-state index >= 15 is 0 Å². The summed E-state index contributed by atoms with van der Waals surface area (Å²) in [5, 5.41) is 3.09. The van der Waals surface area contributed by atoms with Gasteiger partial charge in [0, 0.05) is 18.3 Å². The average molecular weight is 320 g/mol. The Morgan fingerprint density at radius 1 is 1.13 bits per heavy atom. The number of ether oxygens (including phenoxy) is 2. The topological polar surface area (TPSA) is 72.1 Å². The van der Waals surface area contributed by atoms with E-state index < -0.39 is 0 Å². The molecule has 1 aliphatic heterocycles. The molecule has 0 bridgehead atoms. The number of likely N-dealkylation sites (tertiary alicyclic amines) is 1. The Balaban J connectivity index is 1.84. The van der Waals surface area contributed by atoms with Gasteiger partial charge in [0.2, 0.25) is 0 Å². The highest BCUT2D eigenvalue weighted by atomic mass is 16.5. The lowest BCUT2D eigenvalue weighted by atomic mass is 10.2. The molecule has 0 radical (unpaired) electrons. The van der Waals surface area contributed by atoms with Crippen molar-refractivity contribution in [2.24, 2.45) is 10.7 Å². The number of benzene rings is 1. The Hall–Kier alpha value is -1.95. The number of anilines is 1. The fourth-order valence-corrected chi connectivity index (χ4v) is 2.77. The lowest BCUT2D eigenvalue weighted by Crippen LogP contribution is -2.29. The maximum absolute atomic E-state index is 5.96. The highest BCUT2D eigenvalue weighted by Gasteiger charge is 2.08. The van der Waals surface area contributed by atoms with Crippen molar-refractivity contribution in [1.29, 1.82) is 0 Å². The second kappa shape index (κ2) is 9.25. The van der Waals surface area contributed by atoms with E-state index in [0.717, 1.165) is 12.2 Å². The monoisotopic (exact) mass is 320 g/mol. The van der Waals surface area contributed by atoms with Gasteiger partial charge in [0.1, 0.15) is 0 Å². The molecule has 0 spiro atoms. The van der Waals surface area contributed by atoms with Crippen molar-refractivity contribution in [2.75, 3.05) is 45.7 Å². The van der Waals surface area contributed by atoms with Crippen molar-refractivity contribution in [3.63, 3.8) is 0 Å². The van der Waals surface area contributed by atoms with Crippen molar-refractivity contribution < 1.29 is 9.47 Å². The Kier molecular flexibility index (Phi) is 7.00. The molecule has 1 saturated heterocycles. The molecule has 0 saturated carbocycles. The Labute approximate surface area is 138 Å². The van der Waals surface area contributed by atoms with Crippen LogP contribution in [0.2, 0.25) is 0 Å². The number of hydrogen-bond donors (Lipinski definition) is 2. The van der Waals surface area contributed by atoms with Crippen LogP contribution in [0.4, 0.5) is 5.69 Å². The van der Waals surface area contributed by atoms with Gasteiger partial charge in [0.25, 0.3) is 0 Å². The van der Waals surface area contributed by atoms with Crippen LogP contribution in [0.3, 0.4) is 0 Å². The summed E-state index contributed by atoms with van der Waals surface area (Å²) in [6.45, 7) is 4.04. The summed E-state index contributed by atoms with van der Waals surface area (Å²) in [7, 11) is 3.23. The maximum atomic E-state index is 5.96. The maximum Gasteiger partial charge on any atom is 0.193 e. The van der Waals surface area contributed by atoms with Crippen LogP contribution in [-0.2, 0) is 0 Å². The Morgan fingerprint density at radius 3 is 2.48 bits per heavy atom. The zero-order valence-electron chi connectivity index (χ0n) is 14.2. The van der Waals surface area contributed by atoms with E-state index in [4.69, 9.17) is 15.2 Å². The minimum absolute atomic E-state index is 0.423. The van der Waals surface area contributed by atoms with Gasteiger partial charge in [-0.1, -0.05) is 12.8 Å². The molecule has 1 heterocycles. The number of hydrogen-bond acceptors (Lipinski definition) is 4. The summed E-state index contributed by atoms with van der Waals surface area (Å²) >= 11 is 0. The normalized spacial score (nSPS) is 16.7. The van der Waals surface area contributed by atoms with Gasteiger partial charge in [-0.05, 0) is 38.1 Å². The van der Waals surface area contributed by atoms with Crippen molar-refractivity contribution in [2.45, 2.75) is 25.7 Å². The van der Waals surface area contributed by atoms with Crippen molar-refractivity contribution >= 4 is 11.6 Å². The molecule has 3 N–H and O–H groups in total. The number of nitrogens with zero attached hydrogens (tertiary/aromatic N) is 2. The first-order valence-corrected chi connectivity index (χ1v) is 8.24. The summed E-state index contributed by atoms with van der Waals surface area (Å²) in [5.74, 6) is 1.77. The van der Waals surface area contributed by atoms with E-state index in [2.05, 4.69) is 15.2 Å². The lowest BCUT2D eigenvalue weighted by molar-refractivity contribution is 0.293. The van der Waals surface area contributed by atoms with Crippen molar-refractivity contribution in [1.82, 2.24) is 4.90 Å². The molecule has 6 heteroatoms. The number of guanidine groups is 1. The molecule has 0 atom stereocenters. The van der Waals surface area contributed by atoms with Gasteiger partial charge in [-0.25, -0.2) is 0 Å². The fraction of sp³-hybridized carbons (Fsp3) is 0.588. The summed E-state index contributed by atoms with van der Waals surface area (Å²) < 4.78 is 10.5. The van der Waals surface area contributed by atoms with Gasteiger partial charge in [-0.2, -0.15) is 0 Å². The van der Waals surface area contributed by atoms with Crippen LogP contribution >= 0.6 is 0 Å². The summed E-state index contributed by atoms with van der Waals surface area (Å²) in [6.07, 6.45) is 5.29. The molecule has 128 valence electrons. The van der Waals surface area contributed by atoms with Gasteiger partial charge in [-0.3, -0.25) is 4.99 Å². The lowest BCUT2D eigenvalue weighted by Gasteiger charge is -2.18. The molecule has 1 fully saturated rings. The predicted octanol–water partition coefficient (Wildman–Crippen LogP) is 2.31. The zero-order valence-corrected chi connectivity index (χ0v) is 14.2. The van der Waals surface area contributed by atoms with Crippen molar-refractivity contribution in [3.05, 3.63) is 18.2 Å². The van der Waals surface area contributed by atoms with Crippen LogP contribution in [0.5, 0.6) is 11.5 Å². The minimum atomic E-state index is 0.423. The molecular formula is C17H28N4O2.